The van der Waals surface area contributed by atoms with Crippen molar-refractivity contribution in [1.29, 1.82) is 0 Å². The van der Waals surface area contributed by atoms with E-state index >= 15 is 0 Å². The van der Waals surface area contributed by atoms with Crippen LogP contribution in [0.5, 0.6) is 0 Å². The number of halogens is 2. The summed E-state index contributed by atoms with van der Waals surface area (Å²) in [5.41, 5.74) is 0. The van der Waals surface area contributed by atoms with Crippen LogP contribution in [0, 0.1) is 0 Å². The Morgan fingerprint density at radius 3 is 1.67 bits per heavy atom. The number of nitrogens with zero attached hydrogens (tertiary/aromatic N) is 1. The zero-order chi connectivity index (χ0) is 7.49. The highest BCUT2D eigenvalue weighted by molar-refractivity contribution is 7.50. The van der Waals surface area contributed by atoms with Gasteiger partial charge in [0, 0.05) is 13.1 Å². The van der Waals surface area contributed by atoms with Crippen molar-refractivity contribution in [3.63, 3.8) is 0 Å². The molecule has 56 valence electrons. The summed E-state index contributed by atoms with van der Waals surface area (Å²) in [6.45, 7) is 3.38. The Labute approximate surface area is 53.5 Å². The highest BCUT2D eigenvalue weighted by atomic mass is 31.2. The van der Waals surface area contributed by atoms with Crippen LogP contribution in [0.3, 0.4) is 0 Å². The third kappa shape index (κ3) is 2.92. The molecule has 0 bridgehead atoms. The van der Waals surface area contributed by atoms with Crippen molar-refractivity contribution in [2.24, 2.45) is 0 Å². The van der Waals surface area contributed by atoms with E-state index in [2.05, 4.69) is 0 Å². The molecule has 9 heavy (non-hydrogen) atoms. The summed E-state index contributed by atoms with van der Waals surface area (Å²) >= 11 is 0. The predicted molar refractivity (Wildman–Crippen MR) is 32.7 cm³/mol. The quantitative estimate of drug-likeness (QED) is 0.586. The minimum atomic E-state index is -4.94. The zero-order valence-corrected chi connectivity index (χ0v) is 6.37. The lowest BCUT2D eigenvalue weighted by molar-refractivity contribution is 0.367. The Morgan fingerprint density at radius 1 is 1.33 bits per heavy atom. The fraction of sp³-hybridized carbons (Fsp3) is 1.00. The van der Waals surface area contributed by atoms with Crippen LogP contribution in [0.2, 0.25) is 0 Å². The topological polar surface area (TPSA) is 20.3 Å². The number of hydrogen-bond donors (Lipinski definition) is 0. The maximum atomic E-state index is 11.9. The van der Waals surface area contributed by atoms with Gasteiger partial charge < -0.3 is 0 Å². The van der Waals surface area contributed by atoms with Crippen molar-refractivity contribution < 1.29 is 13.0 Å². The first-order chi connectivity index (χ1) is 4.02. The number of hydrogen-bond acceptors (Lipinski definition) is 1. The van der Waals surface area contributed by atoms with Crippen LogP contribution in [0.4, 0.5) is 8.39 Å². The van der Waals surface area contributed by atoms with E-state index in [1.807, 2.05) is 0 Å². The molecule has 0 amide bonds. The highest BCUT2D eigenvalue weighted by Crippen LogP contribution is 2.52. The Balaban J connectivity index is 3.96. The Kier molecular flexibility index (Phi) is 3.30. The van der Waals surface area contributed by atoms with Gasteiger partial charge in [-0.2, -0.15) is 0 Å². The van der Waals surface area contributed by atoms with Crippen molar-refractivity contribution in [2.45, 2.75) is 13.8 Å². The van der Waals surface area contributed by atoms with E-state index in [0.717, 1.165) is 0 Å². The summed E-state index contributed by atoms with van der Waals surface area (Å²) in [7, 11) is -4.94. The maximum absolute atomic E-state index is 11.9. The number of rotatable bonds is 3. The monoisotopic (exact) mass is 157 g/mol. The normalized spacial score (nSPS) is 12.6. The van der Waals surface area contributed by atoms with Crippen LogP contribution in [0.1, 0.15) is 13.8 Å². The van der Waals surface area contributed by atoms with Crippen LogP contribution in [-0.2, 0) is 4.57 Å². The smallest absolute Gasteiger partial charge is 0.231 e. The first-order valence-electron chi connectivity index (χ1n) is 2.77. The molecule has 0 aliphatic rings. The van der Waals surface area contributed by atoms with Crippen molar-refractivity contribution in [2.75, 3.05) is 13.1 Å². The predicted octanol–water partition coefficient (Wildman–Crippen LogP) is 2.38. The molecule has 0 aromatic carbocycles. The lowest BCUT2D eigenvalue weighted by Gasteiger charge is -2.14. The van der Waals surface area contributed by atoms with Gasteiger partial charge in [0.1, 0.15) is 0 Å². The van der Waals surface area contributed by atoms with Crippen LogP contribution in [-0.4, -0.2) is 17.8 Å². The van der Waals surface area contributed by atoms with Crippen molar-refractivity contribution >= 4 is 7.91 Å². The molecule has 0 radical (unpaired) electrons. The molecule has 5 heteroatoms. The minimum absolute atomic E-state index is 0.140. The largest absolute Gasteiger partial charge is 0.482 e. The van der Waals surface area contributed by atoms with E-state index < -0.39 is 7.91 Å². The molecule has 0 aliphatic heterocycles. The lowest BCUT2D eigenvalue weighted by Crippen LogP contribution is -2.15. The first-order valence-corrected chi connectivity index (χ1v) is 4.21. The first kappa shape index (κ1) is 9.05. The fourth-order valence-corrected chi connectivity index (χ4v) is 1.21. The van der Waals surface area contributed by atoms with Gasteiger partial charge in [-0.3, -0.25) is 0 Å². The molecule has 0 heterocycles. The lowest BCUT2D eigenvalue weighted by atomic mass is 10.7. The van der Waals surface area contributed by atoms with Crippen LogP contribution in [0.25, 0.3) is 0 Å². The van der Waals surface area contributed by atoms with Gasteiger partial charge in [-0.1, -0.05) is 13.8 Å². The third-order valence-electron chi connectivity index (χ3n) is 1.06. The van der Waals surface area contributed by atoms with Crippen molar-refractivity contribution in [1.82, 2.24) is 4.67 Å². The Hall–Kier alpha value is 0.0500. The summed E-state index contributed by atoms with van der Waals surface area (Å²) in [6.07, 6.45) is 0. The van der Waals surface area contributed by atoms with Crippen LogP contribution in [0.15, 0.2) is 0 Å². The fourth-order valence-electron chi connectivity index (χ4n) is 0.553. The van der Waals surface area contributed by atoms with Crippen LogP contribution < -0.4 is 0 Å². The molecule has 2 nitrogen and oxygen atoms in total. The molecule has 0 saturated carbocycles. The van der Waals surface area contributed by atoms with E-state index in [9.17, 15) is 13.0 Å². The van der Waals surface area contributed by atoms with Gasteiger partial charge in [0.05, 0.1) is 0 Å². The molecular formula is C4H10F2NOP. The summed E-state index contributed by atoms with van der Waals surface area (Å²) in [6, 6.07) is 0. The molecule has 0 N–H and O–H groups in total. The van der Waals surface area contributed by atoms with E-state index in [0.29, 0.717) is 4.67 Å². The Morgan fingerprint density at radius 2 is 1.67 bits per heavy atom. The van der Waals surface area contributed by atoms with Crippen LogP contribution >= 0.6 is 7.91 Å². The van der Waals surface area contributed by atoms with Gasteiger partial charge in [0.2, 0.25) is 0 Å². The van der Waals surface area contributed by atoms with E-state index in [4.69, 9.17) is 0 Å². The second-order valence-electron chi connectivity index (χ2n) is 1.57. The molecule has 0 atom stereocenters. The zero-order valence-electron chi connectivity index (χ0n) is 5.47. The molecule has 0 aromatic rings. The second-order valence-corrected chi connectivity index (χ2v) is 3.01. The summed E-state index contributed by atoms with van der Waals surface area (Å²) < 4.78 is 34.4. The highest BCUT2D eigenvalue weighted by Gasteiger charge is 2.26. The molecule has 0 fully saturated rings. The van der Waals surface area contributed by atoms with Crippen molar-refractivity contribution in [3.05, 3.63) is 0 Å². The van der Waals surface area contributed by atoms with Gasteiger partial charge in [0.25, 0.3) is 0 Å². The van der Waals surface area contributed by atoms with Gasteiger partial charge in [-0.15, -0.1) is 8.39 Å². The van der Waals surface area contributed by atoms with E-state index in [-0.39, 0.29) is 13.1 Å². The second kappa shape index (κ2) is 3.28. The summed E-state index contributed by atoms with van der Waals surface area (Å²) in [4.78, 5) is 0. The van der Waals surface area contributed by atoms with Gasteiger partial charge in [0.15, 0.2) is 0 Å². The summed E-state index contributed by atoms with van der Waals surface area (Å²) in [5, 5.41) is 0. The van der Waals surface area contributed by atoms with Gasteiger partial charge in [-0.05, 0) is 0 Å². The summed E-state index contributed by atoms with van der Waals surface area (Å²) in [5.74, 6) is 0. The van der Waals surface area contributed by atoms with Crippen molar-refractivity contribution in [3.8, 4) is 0 Å². The molecule has 0 aromatic heterocycles. The van der Waals surface area contributed by atoms with Gasteiger partial charge >= 0.3 is 7.91 Å². The molecule has 0 aliphatic carbocycles. The molecular weight excluding hydrogens is 147 g/mol. The average molecular weight is 157 g/mol. The maximum Gasteiger partial charge on any atom is 0.482 e. The molecule has 0 rings (SSSR count). The standard InChI is InChI=1S/C4H10F2NOP/c1-3-7(4-2)9(5,6)8/h3-4H2,1-2H3. The van der Waals surface area contributed by atoms with Gasteiger partial charge in [-0.25, -0.2) is 9.24 Å². The molecule has 0 unspecified atom stereocenters. The average Bonchev–Trinajstić information content (AvgIpc) is 1.65. The molecule has 0 spiro atoms. The van der Waals surface area contributed by atoms with E-state index in [1.54, 1.807) is 13.8 Å². The third-order valence-corrected chi connectivity index (χ3v) is 2.28. The minimum Gasteiger partial charge on any atom is -0.231 e. The van der Waals surface area contributed by atoms with E-state index in [1.165, 1.54) is 0 Å². The molecule has 0 saturated heterocycles. The SMILES string of the molecule is CCN(CC)P(=O)(F)F. The Bertz CT molecular complexity index is 120.